The first kappa shape index (κ1) is 28.9. The average molecular weight is 545 g/mol. The molecule has 2 amide bonds. The number of amides is 2. The number of rotatable bonds is 10. The van der Waals surface area contributed by atoms with Gasteiger partial charge in [0.25, 0.3) is 0 Å². The molecule has 2 aromatic heterocycles. The summed E-state index contributed by atoms with van der Waals surface area (Å²) in [6.07, 6.45) is 3.73. The summed E-state index contributed by atoms with van der Waals surface area (Å²) in [6.45, 7) is 6.61. The van der Waals surface area contributed by atoms with Crippen LogP contribution in [-0.2, 0) is 19.1 Å². The fourth-order valence-electron chi connectivity index (χ4n) is 4.24. The molecular weight excluding hydrogens is 512 g/mol. The lowest BCUT2D eigenvalue weighted by atomic mass is 9.91. The number of thiazole rings is 1. The van der Waals surface area contributed by atoms with Crippen molar-refractivity contribution in [3.8, 4) is 10.6 Å². The van der Waals surface area contributed by atoms with Crippen molar-refractivity contribution in [2.24, 2.45) is 11.8 Å². The van der Waals surface area contributed by atoms with Gasteiger partial charge in [-0.1, -0.05) is 13.8 Å². The zero-order valence-corrected chi connectivity index (χ0v) is 22.4. The molecule has 0 saturated carbocycles. The highest BCUT2D eigenvalue weighted by Crippen LogP contribution is 2.28. The molecule has 0 aliphatic carbocycles. The van der Waals surface area contributed by atoms with Crippen LogP contribution in [0.2, 0.25) is 0 Å². The fraction of sp³-hybridized carbons (Fsp3) is 0.480. The number of nitrogens with zero attached hydrogens (tertiary/aromatic N) is 4. The molecule has 2 aromatic rings. The van der Waals surface area contributed by atoms with Crippen LogP contribution in [0.5, 0.6) is 0 Å². The standard InChI is InChI=1S/C25H32N6O6S/c1-13(2)22(20(34)8-21(26)37-6-5-32)25(36)31-11-16(33)7-19(31)24(35)30-14(3)17-9-28-18(10-27-17)23-15(4)29-12-38-23/h5,8-10,12-14,16,19,22,26,33-34H,6-7,11H2,1-4H3,(H,30,35)/b20-8-,26-21?/t14?,16-,19+,22?/m1/s1. The zero-order valence-electron chi connectivity index (χ0n) is 21.6. The predicted molar refractivity (Wildman–Crippen MR) is 139 cm³/mol. The summed E-state index contributed by atoms with van der Waals surface area (Å²) in [5, 5.41) is 31.4. The van der Waals surface area contributed by atoms with Gasteiger partial charge in [-0.2, -0.15) is 0 Å². The molecule has 0 spiro atoms. The Labute approximate surface area is 224 Å². The minimum Gasteiger partial charge on any atom is -0.511 e. The van der Waals surface area contributed by atoms with E-state index in [4.69, 9.17) is 10.1 Å². The van der Waals surface area contributed by atoms with Gasteiger partial charge in [-0.05, 0) is 19.8 Å². The Kier molecular flexibility index (Phi) is 9.64. The Morgan fingerprint density at radius 3 is 2.61 bits per heavy atom. The number of β-amino-alcohol motifs (C(OH)–C–C–N with tert-alkyl or cyclic N) is 1. The topological polar surface area (TPSA) is 179 Å². The van der Waals surface area contributed by atoms with Crippen LogP contribution >= 0.6 is 11.3 Å². The van der Waals surface area contributed by atoms with Crippen LogP contribution in [0.3, 0.4) is 0 Å². The quantitative estimate of drug-likeness (QED) is 0.151. The van der Waals surface area contributed by atoms with E-state index in [0.717, 1.165) is 16.6 Å². The van der Waals surface area contributed by atoms with Gasteiger partial charge in [0.1, 0.15) is 24.1 Å². The molecule has 4 atom stereocenters. The Hall–Kier alpha value is -3.71. The maximum Gasteiger partial charge on any atom is 0.243 e. The van der Waals surface area contributed by atoms with E-state index in [1.54, 1.807) is 38.7 Å². The van der Waals surface area contributed by atoms with E-state index in [9.17, 15) is 24.6 Å². The van der Waals surface area contributed by atoms with E-state index in [1.165, 1.54) is 16.2 Å². The third kappa shape index (κ3) is 6.78. The molecule has 0 bridgehead atoms. The second kappa shape index (κ2) is 12.7. The first-order chi connectivity index (χ1) is 18.0. The van der Waals surface area contributed by atoms with Gasteiger partial charge in [0.05, 0.1) is 52.2 Å². The van der Waals surface area contributed by atoms with Crippen LogP contribution in [0.15, 0.2) is 29.7 Å². The largest absolute Gasteiger partial charge is 0.511 e. The molecule has 3 heterocycles. The van der Waals surface area contributed by atoms with Crippen LogP contribution < -0.4 is 5.32 Å². The van der Waals surface area contributed by atoms with E-state index >= 15 is 0 Å². The molecule has 1 aliphatic heterocycles. The number of hydrogen-bond acceptors (Lipinski definition) is 11. The maximum atomic E-state index is 13.5. The highest BCUT2D eigenvalue weighted by Gasteiger charge is 2.43. The highest BCUT2D eigenvalue weighted by molar-refractivity contribution is 7.13. The van der Waals surface area contributed by atoms with Crippen molar-refractivity contribution >= 4 is 35.3 Å². The number of ether oxygens (including phenoxy) is 1. The monoisotopic (exact) mass is 544 g/mol. The number of nitrogens with one attached hydrogen (secondary N) is 2. The minimum absolute atomic E-state index is 0.0348. The first-order valence-corrected chi connectivity index (χ1v) is 13.0. The number of carbonyl (C=O) groups is 3. The van der Waals surface area contributed by atoms with Crippen LogP contribution in [0.1, 0.15) is 44.6 Å². The molecule has 204 valence electrons. The van der Waals surface area contributed by atoms with Crippen molar-refractivity contribution < 1.29 is 29.3 Å². The fourth-order valence-corrected chi connectivity index (χ4v) is 5.00. The van der Waals surface area contributed by atoms with Crippen molar-refractivity contribution in [3.05, 3.63) is 41.1 Å². The van der Waals surface area contributed by atoms with Gasteiger partial charge in [0.2, 0.25) is 17.7 Å². The summed E-state index contributed by atoms with van der Waals surface area (Å²) in [5.41, 5.74) is 3.79. The van der Waals surface area contributed by atoms with Gasteiger partial charge in [-0.3, -0.25) is 29.8 Å². The Morgan fingerprint density at radius 1 is 1.29 bits per heavy atom. The van der Waals surface area contributed by atoms with Gasteiger partial charge in [0, 0.05) is 19.0 Å². The van der Waals surface area contributed by atoms with E-state index in [0.29, 0.717) is 17.7 Å². The summed E-state index contributed by atoms with van der Waals surface area (Å²) >= 11 is 1.46. The molecule has 0 aromatic carbocycles. The van der Waals surface area contributed by atoms with E-state index in [-0.39, 0.29) is 19.6 Å². The smallest absolute Gasteiger partial charge is 0.243 e. The van der Waals surface area contributed by atoms with Gasteiger partial charge in [0.15, 0.2) is 6.29 Å². The number of hydrogen-bond donors (Lipinski definition) is 4. The molecule has 2 unspecified atom stereocenters. The zero-order chi connectivity index (χ0) is 28.0. The lowest BCUT2D eigenvalue weighted by Gasteiger charge is -2.30. The number of likely N-dealkylation sites (tertiary alicyclic amines) is 1. The number of carbonyl (C=O) groups excluding carboxylic acids is 3. The molecule has 0 radical (unpaired) electrons. The molecular formula is C25H32N6O6S. The normalized spacial score (nSPS) is 19.2. The van der Waals surface area contributed by atoms with Crippen molar-refractivity contribution in [1.82, 2.24) is 25.2 Å². The third-order valence-corrected chi connectivity index (χ3v) is 7.11. The van der Waals surface area contributed by atoms with E-state index < -0.39 is 53.5 Å². The highest BCUT2D eigenvalue weighted by atomic mass is 32.1. The van der Waals surface area contributed by atoms with Gasteiger partial charge >= 0.3 is 0 Å². The summed E-state index contributed by atoms with van der Waals surface area (Å²) in [6, 6.07) is -1.49. The molecule has 1 fully saturated rings. The molecule has 1 aliphatic rings. The molecule has 38 heavy (non-hydrogen) atoms. The molecule has 1 saturated heterocycles. The van der Waals surface area contributed by atoms with E-state index in [2.05, 4.69) is 20.3 Å². The summed E-state index contributed by atoms with van der Waals surface area (Å²) in [4.78, 5) is 52.4. The third-order valence-electron chi connectivity index (χ3n) is 6.15. The van der Waals surface area contributed by atoms with Crippen LogP contribution in [0.4, 0.5) is 0 Å². The minimum atomic E-state index is -1.08. The number of aliphatic hydroxyl groups is 2. The first-order valence-electron chi connectivity index (χ1n) is 12.1. The van der Waals surface area contributed by atoms with Gasteiger partial charge in [-0.25, -0.2) is 4.98 Å². The second-order valence-corrected chi connectivity index (χ2v) is 10.2. The van der Waals surface area contributed by atoms with Crippen LogP contribution in [0, 0.1) is 24.2 Å². The van der Waals surface area contributed by atoms with Crippen molar-refractivity contribution in [3.63, 3.8) is 0 Å². The number of aryl methyl sites for hydroxylation is 1. The maximum absolute atomic E-state index is 13.5. The SMILES string of the molecule is Cc1ncsc1-c1cnc(C(C)NC(=O)[C@@H]2C[C@@H](O)CN2C(=O)C(/C(O)=C/C(=N)OCC=O)C(C)C)cn1. The summed E-state index contributed by atoms with van der Waals surface area (Å²) in [5.74, 6) is -3.42. The van der Waals surface area contributed by atoms with Crippen LogP contribution in [0.25, 0.3) is 10.6 Å². The summed E-state index contributed by atoms with van der Waals surface area (Å²) in [7, 11) is 0. The molecule has 12 nitrogen and oxygen atoms in total. The van der Waals surface area contributed by atoms with Crippen molar-refractivity contribution in [2.45, 2.75) is 52.3 Å². The van der Waals surface area contributed by atoms with Crippen molar-refractivity contribution in [1.29, 1.82) is 5.41 Å². The Morgan fingerprint density at radius 2 is 2.03 bits per heavy atom. The Bertz CT molecular complexity index is 1200. The molecule has 13 heteroatoms. The Balaban J connectivity index is 1.73. The van der Waals surface area contributed by atoms with E-state index in [1.807, 2.05) is 6.92 Å². The lowest BCUT2D eigenvalue weighted by Crippen LogP contribution is -2.49. The number of aldehydes is 1. The van der Waals surface area contributed by atoms with Crippen LogP contribution in [-0.4, -0.2) is 79.4 Å². The number of aliphatic hydroxyl groups excluding tert-OH is 2. The second-order valence-electron chi connectivity index (χ2n) is 9.35. The lowest BCUT2D eigenvalue weighted by molar-refractivity contribution is -0.142. The number of aromatic nitrogens is 3. The van der Waals surface area contributed by atoms with Crippen molar-refractivity contribution in [2.75, 3.05) is 13.2 Å². The van der Waals surface area contributed by atoms with Gasteiger partial charge in [-0.15, -0.1) is 11.3 Å². The predicted octanol–water partition coefficient (Wildman–Crippen LogP) is 1.95. The molecule has 3 rings (SSSR count). The average Bonchev–Trinajstić information content (AvgIpc) is 3.48. The van der Waals surface area contributed by atoms with Gasteiger partial charge < -0.3 is 25.2 Å². The molecule has 4 N–H and O–H groups in total. The summed E-state index contributed by atoms with van der Waals surface area (Å²) < 4.78 is 4.83.